The van der Waals surface area contributed by atoms with E-state index in [1.165, 1.54) is 23.1 Å². The number of anilines is 1. The molecular weight excluding hydrogens is 411 g/mol. The monoisotopic (exact) mass is 431 g/mol. The van der Waals surface area contributed by atoms with Gasteiger partial charge in [-0.05, 0) is 43.7 Å². The van der Waals surface area contributed by atoms with Crippen LogP contribution in [-0.4, -0.2) is 25.7 Å². The smallest absolute Gasteiger partial charge is 0.403 e. The Morgan fingerprint density at radius 2 is 1.97 bits per heavy atom. The fourth-order valence-corrected chi connectivity index (χ4v) is 3.06. The Bertz CT molecular complexity index is 1130. The molecule has 0 atom stereocenters. The Hall–Kier alpha value is -3.89. The van der Waals surface area contributed by atoms with Gasteiger partial charge in [0.15, 0.2) is 0 Å². The number of aromatic nitrogens is 4. The lowest BCUT2D eigenvalue weighted by Gasteiger charge is -2.09. The van der Waals surface area contributed by atoms with Crippen molar-refractivity contribution in [2.24, 2.45) is 11.5 Å². The Kier molecular flexibility index (Phi) is 5.95. The van der Waals surface area contributed by atoms with Crippen LogP contribution in [0.5, 0.6) is 0 Å². The summed E-state index contributed by atoms with van der Waals surface area (Å²) in [6, 6.07) is 5.67. The third-order valence-corrected chi connectivity index (χ3v) is 4.56. The van der Waals surface area contributed by atoms with Gasteiger partial charge in [-0.3, -0.25) is 14.5 Å². The number of carbonyl (C=O) groups excluding carboxylic acids is 1. The molecule has 0 aliphatic rings. The van der Waals surface area contributed by atoms with Crippen LogP contribution in [0.3, 0.4) is 0 Å². The summed E-state index contributed by atoms with van der Waals surface area (Å²) >= 11 is 0. The lowest BCUT2D eigenvalue weighted by molar-refractivity contribution is -0.141. The van der Waals surface area contributed by atoms with Crippen molar-refractivity contribution < 1.29 is 18.0 Å². The zero-order chi connectivity index (χ0) is 22.8. The Morgan fingerprint density at radius 3 is 2.58 bits per heavy atom. The van der Waals surface area contributed by atoms with Gasteiger partial charge in [-0.1, -0.05) is 0 Å². The molecule has 8 nitrogen and oxygen atoms in total. The maximum absolute atomic E-state index is 13.0. The van der Waals surface area contributed by atoms with Crippen LogP contribution in [0.25, 0.3) is 16.8 Å². The molecule has 5 N–H and O–H groups in total. The van der Waals surface area contributed by atoms with E-state index in [1.54, 1.807) is 26.0 Å². The zero-order valence-corrected chi connectivity index (χ0v) is 16.7. The summed E-state index contributed by atoms with van der Waals surface area (Å²) in [5.41, 5.74) is 12.9. The van der Waals surface area contributed by atoms with Crippen LogP contribution >= 0.6 is 0 Å². The lowest BCUT2D eigenvalue weighted by atomic mass is 10.0. The molecule has 0 saturated heterocycles. The fourth-order valence-electron chi connectivity index (χ4n) is 3.06. The van der Waals surface area contributed by atoms with E-state index in [2.05, 4.69) is 20.4 Å². The second-order valence-corrected chi connectivity index (χ2v) is 6.73. The molecule has 3 aromatic rings. The van der Waals surface area contributed by atoms with E-state index in [-0.39, 0.29) is 6.54 Å². The topological polar surface area (TPSA) is 125 Å². The van der Waals surface area contributed by atoms with Gasteiger partial charge >= 0.3 is 6.18 Å². The summed E-state index contributed by atoms with van der Waals surface area (Å²) in [6.45, 7) is 3.21. The molecule has 0 unspecified atom stereocenters. The Balaban J connectivity index is 1.79. The van der Waals surface area contributed by atoms with E-state index in [1.807, 2.05) is 0 Å². The standard InChI is InChI=1S/C20H20F3N7O/c1-11-19(13-5-6-26-16(7-13)20(21,22)23)12(2)30(29-11)10-18(31)28-17-4-3-14(9-27-17)15(25)8-24/h3-9H,10,24-25H2,1-2H3,(H,27,28,31)/b15-8-. The molecule has 0 bridgehead atoms. The molecule has 11 heteroatoms. The molecule has 3 aromatic heterocycles. The van der Waals surface area contributed by atoms with Crippen molar-refractivity contribution in [3.05, 3.63) is 65.5 Å². The first-order valence-electron chi connectivity index (χ1n) is 9.11. The number of aryl methyl sites for hydroxylation is 1. The minimum absolute atomic E-state index is 0.141. The predicted molar refractivity (Wildman–Crippen MR) is 109 cm³/mol. The number of nitrogens with one attached hydrogen (secondary N) is 1. The normalized spacial score (nSPS) is 12.1. The summed E-state index contributed by atoms with van der Waals surface area (Å²) in [5, 5.41) is 6.94. The average Bonchev–Trinajstić information content (AvgIpc) is 3.00. The van der Waals surface area contributed by atoms with Crippen molar-refractivity contribution in [3.8, 4) is 11.1 Å². The van der Waals surface area contributed by atoms with Crippen LogP contribution in [0.1, 0.15) is 22.6 Å². The summed E-state index contributed by atoms with van der Waals surface area (Å²) in [5.74, 6) is -0.0882. The molecule has 0 radical (unpaired) electrons. The summed E-state index contributed by atoms with van der Waals surface area (Å²) in [6.07, 6.45) is -0.739. The second kappa shape index (κ2) is 8.46. The SMILES string of the molecule is Cc1nn(CC(=O)Nc2ccc(/C(N)=C/N)cn2)c(C)c1-c1ccnc(C(F)(F)F)c1. The largest absolute Gasteiger partial charge is 0.433 e. The number of halogens is 3. The van der Waals surface area contributed by atoms with Gasteiger partial charge in [0.2, 0.25) is 5.91 Å². The van der Waals surface area contributed by atoms with Crippen LogP contribution in [0.15, 0.2) is 42.9 Å². The molecule has 3 rings (SSSR count). The molecule has 0 spiro atoms. The van der Waals surface area contributed by atoms with Gasteiger partial charge in [0, 0.05) is 35.4 Å². The third kappa shape index (κ3) is 4.82. The highest BCUT2D eigenvalue weighted by molar-refractivity contribution is 5.89. The van der Waals surface area contributed by atoms with E-state index in [0.717, 1.165) is 12.3 Å². The van der Waals surface area contributed by atoms with E-state index < -0.39 is 17.8 Å². The van der Waals surface area contributed by atoms with E-state index in [0.29, 0.717) is 39.6 Å². The number of hydrogen-bond donors (Lipinski definition) is 3. The molecule has 31 heavy (non-hydrogen) atoms. The van der Waals surface area contributed by atoms with Crippen LogP contribution in [0.2, 0.25) is 0 Å². The zero-order valence-electron chi connectivity index (χ0n) is 16.7. The van der Waals surface area contributed by atoms with E-state index >= 15 is 0 Å². The molecule has 0 aliphatic heterocycles. The number of rotatable bonds is 5. The molecule has 3 heterocycles. The Labute approximate surface area is 175 Å². The van der Waals surface area contributed by atoms with Crippen LogP contribution in [-0.2, 0) is 17.5 Å². The van der Waals surface area contributed by atoms with Gasteiger partial charge in [0.05, 0.1) is 11.4 Å². The maximum atomic E-state index is 13.0. The van der Waals surface area contributed by atoms with Crippen LogP contribution in [0.4, 0.5) is 19.0 Å². The number of nitrogens with two attached hydrogens (primary N) is 2. The van der Waals surface area contributed by atoms with Crippen molar-refractivity contribution in [3.63, 3.8) is 0 Å². The number of hydrogen-bond acceptors (Lipinski definition) is 6. The number of nitrogens with zero attached hydrogens (tertiary/aromatic N) is 4. The third-order valence-electron chi connectivity index (χ3n) is 4.56. The van der Waals surface area contributed by atoms with E-state index in [4.69, 9.17) is 11.5 Å². The van der Waals surface area contributed by atoms with Gasteiger partial charge in [0.25, 0.3) is 0 Å². The van der Waals surface area contributed by atoms with Crippen LogP contribution < -0.4 is 16.8 Å². The van der Waals surface area contributed by atoms with Crippen molar-refractivity contribution in [1.82, 2.24) is 19.7 Å². The van der Waals surface area contributed by atoms with Gasteiger partial charge in [-0.2, -0.15) is 18.3 Å². The summed E-state index contributed by atoms with van der Waals surface area (Å²) in [4.78, 5) is 19.9. The number of carbonyl (C=O) groups is 1. The fraction of sp³-hybridized carbons (Fsp3) is 0.200. The first-order chi connectivity index (χ1) is 14.6. The van der Waals surface area contributed by atoms with Crippen molar-refractivity contribution in [2.75, 3.05) is 5.32 Å². The minimum Gasteiger partial charge on any atom is -0.403 e. The van der Waals surface area contributed by atoms with Crippen molar-refractivity contribution >= 4 is 17.4 Å². The number of amides is 1. The van der Waals surface area contributed by atoms with Gasteiger partial charge in [-0.15, -0.1) is 0 Å². The van der Waals surface area contributed by atoms with Crippen molar-refractivity contribution in [1.29, 1.82) is 0 Å². The van der Waals surface area contributed by atoms with Crippen molar-refractivity contribution in [2.45, 2.75) is 26.6 Å². The molecule has 0 aromatic carbocycles. The predicted octanol–water partition coefficient (Wildman–Crippen LogP) is 2.83. The molecule has 162 valence electrons. The Morgan fingerprint density at radius 1 is 1.23 bits per heavy atom. The van der Waals surface area contributed by atoms with Gasteiger partial charge in [-0.25, -0.2) is 4.98 Å². The number of alkyl halides is 3. The first-order valence-corrected chi connectivity index (χ1v) is 9.11. The molecule has 0 saturated carbocycles. The first kappa shape index (κ1) is 21.8. The second-order valence-electron chi connectivity index (χ2n) is 6.73. The highest BCUT2D eigenvalue weighted by Gasteiger charge is 2.33. The minimum atomic E-state index is -4.55. The summed E-state index contributed by atoms with van der Waals surface area (Å²) < 4.78 is 40.4. The quantitative estimate of drug-likeness (QED) is 0.571. The van der Waals surface area contributed by atoms with Crippen LogP contribution in [0, 0.1) is 13.8 Å². The molecular formula is C20H20F3N7O. The maximum Gasteiger partial charge on any atom is 0.433 e. The highest BCUT2D eigenvalue weighted by atomic mass is 19.4. The van der Waals surface area contributed by atoms with Gasteiger partial charge < -0.3 is 16.8 Å². The molecule has 0 aliphatic carbocycles. The van der Waals surface area contributed by atoms with E-state index in [9.17, 15) is 18.0 Å². The summed E-state index contributed by atoms with van der Waals surface area (Å²) in [7, 11) is 0. The molecule has 0 fully saturated rings. The molecule has 1 amide bonds. The average molecular weight is 431 g/mol. The number of pyridine rings is 2. The lowest BCUT2D eigenvalue weighted by Crippen LogP contribution is -2.21. The highest BCUT2D eigenvalue weighted by Crippen LogP contribution is 2.32. The van der Waals surface area contributed by atoms with Gasteiger partial charge in [0.1, 0.15) is 18.1 Å².